The van der Waals surface area contributed by atoms with Crippen molar-refractivity contribution in [3.63, 3.8) is 0 Å². The monoisotopic (exact) mass is 427 g/mol. The Balaban J connectivity index is 1.87. The first-order chi connectivity index (χ1) is 14.3. The molecule has 30 heavy (non-hydrogen) atoms. The van der Waals surface area contributed by atoms with Crippen LogP contribution in [0, 0.1) is 0 Å². The van der Waals surface area contributed by atoms with Crippen molar-refractivity contribution in [3.8, 4) is 0 Å². The number of hydrogen-bond acceptors (Lipinski definition) is 5. The Morgan fingerprint density at radius 2 is 1.53 bits per heavy atom. The average Bonchev–Trinajstić information content (AvgIpc) is 3.09. The summed E-state index contributed by atoms with van der Waals surface area (Å²) < 4.78 is 12.3. The molecule has 4 rings (SSSR count). The molecule has 0 aliphatic carbocycles. The van der Waals surface area contributed by atoms with E-state index in [0.29, 0.717) is 0 Å². The summed E-state index contributed by atoms with van der Waals surface area (Å²) >= 11 is 0. The molecule has 0 bridgehead atoms. The van der Waals surface area contributed by atoms with E-state index < -0.39 is 38.8 Å². The maximum absolute atomic E-state index is 12.2. The molecular weight excluding hydrogens is 398 g/mol. The number of ether oxygens (including phenoxy) is 1. The number of fused-ring (bicyclic) bond motifs is 1. The summed E-state index contributed by atoms with van der Waals surface area (Å²) in [5.41, 5.74) is 0. The number of aliphatic hydroxyl groups is 2. The van der Waals surface area contributed by atoms with E-state index >= 15 is 0 Å². The van der Waals surface area contributed by atoms with Crippen molar-refractivity contribution < 1.29 is 24.2 Å². The predicted molar refractivity (Wildman–Crippen MR) is 116 cm³/mol. The molecule has 0 aromatic heterocycles. The van der Waals surface area contributed by atoms with E-state index in [-0.39, 0.29) is 18.2 Å². The molecule has 160 valence electrons. The molecule has 2 aromatic carbocycles. The first kappa shape index (κ1) is 21.1. The van der Waals surface area contributed by atoms with Crippen LogP contribution in [-0.4, -0.2) is 67.0 Å². The molecule has 2 N–H and O–H groups in total. The molecule has 7 heteroatoms. The Morgan fingerprint density at radius 3 is 2.03 bits per heavy atom. The van der Waals surface area contributed by atoms with E-state index in [1.807, 2.05) is 36.4 Å². The van der Waals surface area contributed by atoms with Crippen LogP contribution in [0.3, 0.4) is 0 Å². The molecule has 2 fully saturated rings. The molecule has 0 spiro atoms. The van der Waals surface area contributed by atoms with Crippen LogP contribution < -0.4 is 10.4 Å². The highest BCUT2D eigenvalue weighted by Gasteiger charge is 2.57. The van der Waals surface area contributed by atoms with Gasteiger partial charge in [0, 0.05) is 0 Å². The van der Waals surface area contributed by atoms with Gasteiger partial charge in [0.1, 0.15) is 18.8 Å². The Morgan fingerprint density at radius 1 is 1.00 bits per heavy atom. The van der Waals surface area contributed by atoms with Crippen molar-refractivity contribution in [1.29, 1.82) is 0 Å². The lowest BCUT2D eigenvalue weighted by atomic mass is 9.95. The van der Waals surface area contributed by atoms with Gasteiger partial charge in [-0.1, -0.05) is 81.4 Å². The smallest absolute Gasteiger partial charge is 0.410 e. The number of aliphatic hydroxyl groups excluding tert-OH is 2. The summed E-state index contributed by atoms with van der Waals surface area (Å²) in [6.07, 6.45) is -3.42. The third kappa shape index (κ3) is 3.35. The van der Waals surface area contributed by atoms with E-state index in [9.17, 15) is 15.0 Å². The normalized spacial score (nSPS) is 27.0. The molecule has 2 aliphatic rings. The molecule has 2 heterocycles. The minimum absolute atomic E-state index is 0.0469. The number of rotatable bonds is 4. The highest BCUT2D eigenvalue weighted by atomic mass is 28.4. The Hall–Kier alpha value is -2.19. The van der Waals surface area contributed by atoms with Gasteiger partial charge >= 0.3 is 6.09 Å². The number of amides is 1. The van der Waals surface area contributed by atoms with Crippen molar-refractivity contribution in [2.75, 3.05) is 13.2 Å². The minimum atomic E-state index is -2.95. The highest BCUT2D eigenvalue weighted by Crippen LogP contribution is 2.40. The number of hydrogen-bond donors (Lipinski definition) is 2. The summed E-state index contributed by atoms with van der Waals surface area (Å²) in [6, 6.07) is 19.8. The van der Waals surface area contributed by atoms with Gasteiger partial charge in [-0.25, -0.2) is 4.79 Å². The van der Waals surface area contributed by atoms with E-state index in [4.69, 9.17) is 9.16 Å². The van der Waals surface area contributed by atoms with Gasteiger partial charge in [-0.05, 0) is 15.4 Å². The Labute approximate surface area is 178 Å². The van der Waals surface area contributed by atoms with Gasteiger partial charge in [-0.15, -0.1) is 0 Å². The van der Waals surface area contributed by atoms with Gasteiger partial charge < -0.3 is 19.4 Å². The zero-order chi connectivity index (χ0) is 21.5. The molecule has 0 saturated carbocycles. The number of cyclic esters (lactones) is 1. The van der Waals surface area contributed by atoms with Crippen molar-refractivity contribution in [2.45, 2.75) is 50.2 Å². The molecule has 1 amide bonds. The fourth-order valence-electron chi connectivity index (χ4n) is 4.75. The first-order valence-electron chi connectivity index (χ1n) is 10.3. The van der Waals surface area contributed by atoms with Crippen LogP contribution in [0.25, 0.3) is 0 Å². The van der Waals surface area contributed by atoms with Crippen LogP contribution in [0.15, 0.2) is 60.7 Å². The lowest BCUT2D eigenvalue weighted by Gasteiger charge is -2.49. The van der Waals surface area contributed by atoms with Gasteiger partial charge in [0.05, 0.1) is 18.7 Å². The lowest BCUT2D eigenvalue weighted by Crippen LogP contribution is -2.72. The topological polar surface area (TPSA) is 79.2 Å². The predicted octanol–water partition coefficient (Wildman–Crippen LogP) is 1.49. The summed E-state index contributed by atoms with van der Waals surface area (Å²) in [4.78, 5) is 13.7. The second-order valence-electron chi connectivity index (χ2n) is 9.10. The van der Waals surface area contributed by atoms with E-state index in [1.54, 1.807) is 0 Å². The molecular formula is C23H29NO5Si. The molecule has 0 unspecified atom stereocenters. The molecule has 0 radical (unpaired) electrons. The zero-order valence-corrected chi connectivity index (χ0v) is 18.6. The largest absolute Gasteiger partial charge is 0.447 e. The number of carbonyl (C=O) groups excluding carboxylic acids is 1. The summed E-state index contributed by atoms with van der Waals surface area (Å²) in [7, 11) is -2.95. The molecule has 2 saturated heterocycles. The maximum Gasteiger partial charge on any atom is 0.410 e. The van der Waals surface area contributed by atoms with Crippen LogP contribution in [0.2, 0.25) is 5.04 Å². The van der Waals surface area contributed by atoms with Crippen LogP contribution in [0.4, 0.5) is 4.79 Å². The fourth-order valence-corrected chi connectivity index (χ4v) is 9.47. The average molecular weight is 428 g/mol. The highest BCUT2D eigenvalue weighted by molar-refractivity contribution is 6.99. The lowest BCUT2D eigenvalue weighted by molar-refractivity contribution is -0.111. The third-order valence-corrected chi connectivity index (χ3v) is 11.3. The summed E-state index contributed by atoms with van der Waals surface area (Å²) in [6.45, 7) is 6.65. The second-order valence-corrected chi connectivity index (χ2v) is 13.4. The minimum Gasteiger partial charge on any atom is -0.447 e. The fraction of sp³-hybridized carbons (Fsp3) is 0.435. The van der Waals surface area contributed by atoms with E-state index in [2.05, 4.69) is 45.0 Å². The standard InChI is InChI=1S/C23H29NO5Si/c1-23(2,3)30(16-10-6-4-7-11-16,17-12-8-5-9-13-17)29-21-18-15-28-22(27)24(18)14-19(25)20(21)26/h4-13,18-21,25-26H,14-15H2,1-3H3/t18-,19+,20-,21-/m1/s1. The van der Waals surface area contributed by atoms with Crippen LogP contribution in [-0.2, 0) is 9.16 Å². The van der Waals surface area contributed by atoms with Crippen LogP contribution in [0.1, 0.15) is 20.8 Å². The van der Waals surface area contributed by atoms with Crippen LogP contribution >= 0.6 is 0 Å². The molecule has 4 atom stereocenters. The Kier molecular flexibility index (Phi) is 5.48. The van der Waals surface area contributed by atoms with Gasteiger partial charge in [0.2, 0.25) is 0 Å². The van der Waals surface area contributed by atoms with Crippen molar-refractivity contribution >= 4 is 24.8 Å². The van der Waals surface area contributed by atoms with Gasteiger partial charge in [-0.2, -0.15) is 0 Å². The third-order valence-electron chi connectivity index (χ3n) is 6.24. The second kappa shape index (κ2) is 7.81. The van der Waals surface area contributed by atoms with Crippen molar-refractivity contribution in [1.82, 2.24) is 4.90 Å². The number of piperidine rings is 1. The quantitative estimate of drug-likeness (QED) is 0.723. The SMILES string of the molecule is CC(C)(C)[Si](O[C@H]1[C@H](O)[C@@H](O)CN2C(=O)OC[C@H]12)(c1ccccc1)c1ccccc1. The summed E-state index contributed by atoms with van der Waals surface area (Å²) in [5.74, 6) is 0. The van der Waals surface area contributed by atoms with E-state index in [1.165, 1.54) is 4.90 Å². The van der Waals surface area contributed by atoms with Gasteiger partial charge in [0.25, 0.3) is 8.32 Å². The first-order valence-corrected chi connectivity index (χ1v) is 12.2. The number of carbonyl (C=O) groups is 1. The number of nitrogens with zero attached hydrogens (tertiary/aromatic N) is 1. The van der Waals surface area contributed by atoms with E-state index in [0.717, 1.165) is 10.4 Å². The van der Waals surface area contributed by atoms with Gasteiger partial charge in [-0.3, -0.25) is 4.90 Å². The van der Waals surface area contributed by atoms with Crippen molar-refractivity contribution in [3.05, 3.63) is 60.7 Å². The van der Waals surface area contributed by atoms with Crippen LogP contribution in [0.5, 0.6) is 0 Å². The van der Waals surface area contributed by atoms with Gasteiger partial charge in [0.15, 0.2) is 0 Å². The molecule has 2 aromatic rings. The van der Waals surface area contributed by atoms with Crippen molar-refractivity contribution in [2.24, 2.45) is 0 Å². The maximum atomic E-state index is 12.2. The summed E-state index contributed by atoms with van der Waals surface area (Å²) in [5, 5.41) is 23.3. The zero-order valence-electron chi connectivity index (χ0n) is 17.6. The number of benzene rings is 2. The Bertz CT molecular complexity index is 846. The molecule has 2 aliphatic heterocycles. The molecule has 6 nitrogen and oxygen atoms in total.